The number of alkyl halides is 3. The van der Waals surface area contributed by atoms with Crippen molar-refractivity contribution in [3.05, 3.63) is 69.1 Å². The van der Waals surface area contributed by atoms with Gasteiger partial charge in [0.25, 0.3) is 11.8 Å². The molecule has 3 aromatic rings. The molecule has 1 aromatic carbocycles. The Morgan fingerprint density at radius 1 is 1.07 bits per heavy atom. The molecule has 7 nitrogen and oxygen atoms in total. The molecule has 0 radical (unpaired) electrons. The zero-order chi connectivity index (χ0) is 21.3. The van der Waals surface area contributed by atoms with Gasteiger partial charge in [-0.1, -0.05) is 29.3 Å². The van der Waals surface area contributed by atoms with E-state index in [0.29, 0.717) is 6.07 Å². The van der Waals surface area contributed by atoms with Crippen molar-refractivity contribution in [2.75, 3.05) is 0 Å². The molecule has 0 fully saturated rings. The van der Waals surface area contributed by atoms with Crippen molar-refractivity contribution in [3.63, 3.8) is 0 Å². The highest BCUT2D eigenvalue weighted by molar-refractivity contribution is 6.34. The minimum atomic E-state index is -4.61. The summed E-state index contributed by atoms with van der Waals surface area (Å²) in [5, 5.41) is -0.145. The van der Waals surface area contributed by atoms with Gasteiger partial charge in [0, 0.05) is 18.9 Å². The first kappa shape index (κ1) is 20.9. The third kappa shape index (κ3) is 4.44. The second kappa shape index (κ2) is 7.90. The normalized spacial score (nSPS) is 11.5. The fourth-order valence-electron chi connectivity index (χ4n) is 2.44. The van der Waals surface area contributed by atoms with Gasteiger partial charge in [-0.05, 0) is 23.8 Å². The number of carbonyl (C=O) groups excluding carboxylic acids is 2. The quantitative estimate of drug-likeness (QED) is 0.538. The lowest BCUT2D eigenvalue weighted by molar-refractivity contribution is -0.137. The Hall–Kier alpha value is -2.82. The van der Waals surface area contributed by atoms with Gasteiger partial charge in [0.15, 0.2) is 5.65 Å². The van der Waals surface area contributed by atoms with Crippen LogP contribution >= 0.6 is 23.2 Å². The predicted octanol–water partition coefficient (Wildman–Crippen LogP) is 3.19. The number of pyridine rings is 1. The molecule has 0 unspecified atom stereocenters. The first-order chi connectivity index (χ1) is 13.6. The molecule has 12 heteroatoms. The molecule has 2 heterocycles. The van der Waals surface area contributed by atoms with E-state index in [1.54, 1.807) is 6.07 Å². The summed E-state index contributed by atoms with van der Waals surface area (Å²) in [5.74, 6) is -1.56. The monoisotopic (exact) mass is 445 g/mol. The van der Waals surface area contributed by atoms with Crippen LogP contribution in [0.5, 0.6) is 0 Å². The zero-order valence-electron chi connectivity index (χ0n) is 14.3. The summed E-state index contributed by atoms with van der Waals surface area (Å²) in [6, 6.07) is 5.27. The Morgan fingerprint density at radius 2 is 1.76 bits per heavy atom. The molecule has 0 spiro atoms. The van der Waals surface area contributed by atoms with Crippen LogP contribution in [0.3, 0.4) is 0 Å². The highest BCUT2D eigenvalue weighted by Gasteiger charge is 2.32. The van der Waals surface area contributed by atoms with Crippen molar-refractivity contribution < 1.29 is 22.8 Å². The number of nitrogens with two attached hydrogens (primary N) is 1. The number of amides is 2. The van der Waals surface area contributed by atoms with Gasteiger partial charge in [-0.25, -0.2) is 4.98 Å². The third-order valence-corrected chi connectivity index (χ3v) is 4.46. The molecule has 0 saturated carbocycles. The van der Waals surface area contributed by atoms with E-state index < -0.39 is 23.6 Å². The maximum absolute atomic E-state index is 12.9. The van der Waals surface area contributed by atoms with Gasteiger partial charge in [0.05, 0.1) is 21.2 Å². The van der Waals surface area contributed by atoms with E-state index in [2.05, 4.69) is 15.8 Å². The highest BCUT2D eigenvalue weighted by Crippen LogP contribution is 2.32. The lowest BCUT2D eigenvalue weighted by Crippen LogP contribution is -2.41. The van der Waals surface area contributed by atoms with Crippen molar-refractivity contribution in [1.82, 2.24) is 20.2 Å². The average molecular weight is 446 g/mol. The Morgan fingerprint density at radius 3 is 2.38 bits per heavy atom. The van der Waals surface area contributed by atoms with E-state index >= 15 is 0 Å². The first-order valence-electron chi connectivity index (χ1n) is 7.94. The molecule has 0 aliphatic heterocycles. The zero-order valence-corrected chi connectivity index (χ0v) is 15.9. The summed E-state index contributed by atoms with van der Waals surface area (Å²) in [6.45, 7) is 0.241. The van der Waals surface area contributed by atoms with Crippen LogP contribution in [-0.2, 0) is 12.7 Å². The van der Waals surface area contributed by atoms with E-state index in [-0.39, 0.29) is 33.5 Å². The second-order valence-corrected chi connectivity index (χ2v) is 6.67. The molecule has 0 atom stereocenters. The maximum Gasteiger partial charge on any atom is 0.417 e. The lowest BCUT2D eigenvalue weighted by atomic mass is 10.1. The van der Waals surface area contributed by atoms with Crippen LogP contribution in [0.2, 0.25) is 10.0 Å². The Kier molecular flexibility index (Phi) is 5.69. The standard InChI is InChI=1S/C17H12Cl2F3N5O2/c18-11-3-8(5-23)1-2-10(11)15(28)25-26-16(29)13-7-27-6-9(17(20,21)22)4-12(19)14(27)24-13/h1-4,6-7H,5,23H2,(H,25,28)(H,26,29). The number of nitrogens with zero attached hydrogens (tertiary/aromatic N) is 2. The van der Waals surface area contributed by atoms with Gasteiger partial charge < -0.3 is 10.1 Å². The van der Waals surface area contributed by atoms with Crippen LogP contribution < -0.4 is 16.6 Å². The summed E-state index contributed by atoms with van der Waals surface area (Å²) in [4.78, 5) is 28.3. The van der Waals surface area contributed by atoms with Gasteiger partial charge in [0.2, 0.25) is 0 Å². The SMILES string of the molecule is NCc1ccc(C(=O)NNC(=O)c2cn3cc(C(F)(F)F)cc(Cl)c3n2)c(Cl)c1. The summed E-state index contributed by atoms with van der Waals surface area (Å²) >= 11 is 11.8. The number of benzene rings is 1. The molecule has 152 valence electrons. The van der Waals surface area contributed by atoms with Crippen LogP contribution in [-0.4, -0.2) is 21.2 Å². The predicted molar refractivity (Wildman–Crippen MR) is 99.5 cm³/mol. The van der Waals surface area contributed by atoms with Crippen molar-refractivity contribution in [3.8, 4) is 0 Å². The molecule has 2 aromatic heterocycles. The van der Waals surface area contributed by atoms with E-state index in [0.717, 1.165) is 22.4 Å². The van der Waals surface area contributed by atoms with Crippen LogP contribution in [0.15, 0.2) is 36.7 Å². The molecule has 0 aliphatic rings. The van der Waals surface area contributed by atoms with Crippen LogP contribution in [0, 0.1) is 0 Å². The number of carbonyl (C=O) groups is 2. The number of aromatic nitrogens is 2. The fraction of sp³-hybridized carbons (Fsp3) is 0.118. The molecular weight excluding hydrogens is 434 g/mol. The van der Waals surface area contributed by atoms with E-state index in [9.17, 15) is 22.8 Å². The summed E-state index contributed by atoms with van der Waals surface area (Å²) in [7, 11) is 0. The number of rotatable bonds is 3. The van der Waals surface area contributed by atoms with Crippen molar-refractivity contribution >= 4 is 40.7 Å². The lowest BCUT2D eigenvalue weighted by Gasteiger charge is -2.08. The largest absolute Gasteiger partial charge is 0.417 e. The van der Waals surface area contributed by atoms with Gasteiger partial charge in [-0.2, -0.15) is 13.2 Å². The van der Waals surface area contributed by atoms with Crippen molar-refractivity contribution in [2.24, 2.45) is 5.73 Å². The van der Waals surface area contributed by atoms with E-state index in [4.69, 9.17) is 28.9 Å². The molecule has 0 bridgehead atoms. The Bertz CT molecular complexity index is 1110. The molecule has 0 aliphatic carbocycles. The number of nitrogens with one attached hydrogen (secondary N) is 2. The maximum atomic E-state index is 12.9. The van der Waals surface area contributed by atoms with E-state index in [1.807, 2.05) is 0 Å². The van der Waals surface area contributed by atoms with Gasteiger partial charge in [-0.3, -0.25) is 20.4 Å². The average Bonchev–Trinajstić information content (AvgIpc) is 3.10. The Balaban J connectivity index is 1.76. The minimum Gasteiger partial charge on any atom is -0.326 e. The molecular formula is C17H12Cl2F3N5O2. The number of hydrazine groups is 1. The van der Waals surface area contributed by atoms with Gasteiger partial charge >= 0.3 is 6.18 Å². The number of hydrogen-bond donors (Lipinski definition) is 3. The molecule has 4 N–H and O–H groups in total. The summed E-state index contributed by atoms with van der Waals surface area (Å²) in [6.07, 6.45) is -2.81. The number of fused-ring (bicyclic) bond motifs is 1. The second-order valence-electron chi connectivity index (χ2n) is 5.86. The first-order valence-corrected chi connectivity index (χ1v) is 8.70. The molecule has 29 heavy (non-hydrogen) atoms. The number of halogens is 5. The Labute approximate surface area is 171 Å². The number of hydrogen-bond acceptors (Lipinski definition) is 4. The molecule has 0 saturated heterocycles. The van der Waals surface area contributed by atoms with Gasteiger partial charge in [-0.15, -0.1) is 0 Å². The van der Waals surface area contributed by atoms with Crippen LogP contribution in [0.25, 0.3) is 5.65 Å². The van der Waals surface area contributed by atoms with E-state index in [1.165, 1.54) is 12.1 Å². The fourth-order valence-corrected chi connectivity index (χ4v) is 2.98. The van der Waals surface area contributed by atoms with Crippen molar-refractivity contribution in [2.45, 2.75) is 12.7 Å². The van der Waals surface area contributed by atoms with Crippen molar-refractivity contribution in [1.29, 1.82) is 0 Å². The number of imidazole rings is 1. The minimum absolute atomic E-state index is 0.0449. The summed E-state index contributed by atoms with van der Waals surface area (Å²) < 4.78 is 39.6. The van der Waals surface area contributed by atoms with Gasteiger partial charge in [0.1, 0.15) is 5.69 Å². The summed E-state index contributed by atoms with van der Waals surface area (Å²) in [5.41, 5.74) is 9.27. The third-order valence-electron chi connectivity index (χ3n) is 3.87. The van der Waals surface area contributed by atoms with Crippen LogP contribution in [0.1, 0.15) is 32.0 Å². The molecule has 2 amide bonds. The van der Waals surface area contributed by atoms with Crippen LogP contribution in [0.4, 0.5) is 13.2 Å². The smallest absolute Gasteiger partial charge is 0.326 e. The molecule has 3 rings (SSSR count). The topological polar surface area (TPSA) is 102 Å². The highest BCUT2D eigenvalue weighted by atomic mass is 35.5.